The van der Waals surface area contributed by atoms with Crippen LogP contribution in [0, 0.1) is 11.7 Å². The molecule has 0 radical (unpaired) electrons. The number of fused-ring (bicyclic) bond motifs is 2. The second-order valence-corrected chi connectivity index (χ2v) is 9.08. The van der Waals surface area contributed by atoms with Crippen molar-refractivity contribution in [3.63, 3.8) is 0 Å². The van der Waals surface area contributed by atoms with Crippen molar-refractivity contribution in [2.45, 2.75) is 72.0 Å². The number of H-pyrrole nitrogens is 2. The van der Waals surface area contributed by atoms with Crippen molar-refractivity contribution < 1.29 is 29.6 Å². The van der Waals surface area contributed by atoms with Crippen molar-refractivity contribution in [2.24, 2.45) is 5.92 Å². The van der Waals surface area contributed by atoms with E-state index in [0.717, 1.165) is 12.1 Å². The number of benzene rings is 1. The number of pyridine rings is 1. The number of hydrogen-bond acceptors (Lipinski definition) is 7. The minimum atomic E-state index is -1.10. The number of nitrogens with one attached hydrogen (secondary N) is 3. The van der Waals surface area contributed by atoms with Crippen LogP contribution in [0.5, 0.6) is 5.75 Å². The van der Waals surface area contributed by atoms with Crippen LogP contribution in [-0.2, 0) is 11.2 Å². The average Bonchev–Trinajstić information content (AvgIpc) is 3.21. The Morgan fingerprint density at radius 2 is 1.90 bits per heavy atom. The molecule has 0 bridgehead atoms. The first-order valence-corrected chi connectivity index (χ1v) is 13.8. The molecule has 1 aromatic carbocycles. The molecule has 10 nitrogen and oxygen atoms in total. The molecule has 0 spiro atoms. The number of aliphatic carboxylic acids is 1. The van der Waals surface area contributed by atoms with E-state index < -0.39 is 35.3 Å². The van der Waals surface area contributed by atoms with Crippen LogP contribution < -0.4 is 10.9 Å². The van der Waals surface area contributed by atoms with Crippen molar-refractivity contribution in [2.75, 3.05) is 13.1 Å². The van der Waals surface area contributed by atoms with Gasteiger partial charge in [-0.05, 0) is 56.4 Å². The maximum absolute atomic E-state index is 14.3. The zero-order valence-corrected chi connectivity index (χ0v) is 23.5. The highest BCUT2D eigenvalue weighted by Crippen LogP contribution is 2.33. The molecule has 3 unspecified atom stereocenters. The predicted molar refractivity (Wildman–Crippen MR) is 154 cm³/mol. The van der Waals surface area contributed by atoms with E-state index in [9.17, 15) is 29.3 Å². The van der Waals surface area contributed by atoms with Crippen LogP contribution in [0.15, 0.2) is 29.1 Å². The van der Waals surface area contributed by atoms with Crippen molar-refractivity contribution in [3.05, 3.63) is 51.8 Å². The molecule has 0 fully saturated rings. The summed E-state index contributed by atoms with van der Waals surface area (Å²) in [5.41, 5.74) is 0.966. The summed E-state index contributed by atoms with van der Waals surface area (Å²) in [6.07, 6.45) is 3.43. The fourth-order valence-electron chi connectivity index (χ4n) is 4.47. The lowest BCUT2D eigenvalue weighted by atomic mass is 10.0. The highest BCUT2D eigenvalue weighted by molar-refractivity contribution is 5.91. The molecule has 0 saturated heterocycles. The van der Waals surface area contributed by atoms with E-state index in [1.54, 1.807) is 0 Å². The first-order valence-electron chi connectivity index (χ1n) is 13.8. The lowest BCUT2D eigenvalue weighted by Crippen LogP contribution is -2.28. The van der Waals surface area contributed by atoms with Crippen LogP contribution in [0.2, 0.25) is 0 Å². The zero-order chi connectivity index (χ0) is 29.8. The van der Waals surface area contributed by atoms with Gasteiger partial charge in [-0.15, -0.1) is 0 Å². The van der Waals surface area contributed by atoms with Gasteiger partial charge in [-0.3, -0.25) is 9.59 Å². The number of carboxylic acid groups (broad SMARTS) is 1. The third-order valence-corrected chi connectivity index (χ3v) is 6.32. The lowest BCUT2D eigenvalue weighted by Gasteiger charge is -2.16. The molecule has 0 amide bonds. The van der Waals surface area contributed by atoms with Gasteiger partial charge < -0.3 is 35.7 Å². The maximum Gasteiger partial charge on any atom is 0.305 e. The molecule has 0 aliphatic heterocycles. The van der Waals surface area contributed by atoms with E-state index in [2.05, 4.69) is 20.3 Å². The van der Waals surface area contributed by atoms with Gasteiger partial charge in [0.25, 0.3) is 5.56 Å². The summed E-state index contributed by atoms with van der Waals surface area (Å²) in [7, 11) is 0. The van der Waals surface area contributed by atoms with Crippen LogP contribution in [0.4, 0.5) is 4.39 Å². The van der Waals surface area contributed by atoms with E-state index in [0.29, 0.717) is 31.6 Å². The Bertz CT molecular complexity index is 1340. The van der Waals surface area contributed by atoms with E-state index >= 15 is 0 Å². The van der Waals surface area contributed by atoms with Gasteiger partial charge in [0.2, 0.25) is 0 Å². The highest BCUT2D eigenvalue weighted by atomic mass is 19.1. The molecule has 0 saturated carbocycles. The van der Waals surface area contributed by atoms with E-state index in [1.807, 2.05) is 39.8 Å². The smallest absolute Gasteiger partial charge is 0.305 e. The van der Waals surface area contributed by atoms with Crippen LogP contribution in [-0.4, -0.2) is 66.6 Å². The van der Waals surface area contributed by atoms with Crippen LogP contribution in [0.3, 0.4) is 0 Å². The average molecular weight is 561 g/mol. The Hall–Kier alpha value is -3.54. The number of aliphatic hydroxyl groups is 2. The third-order valence-electron chi connectivity index (χ3n) is 6.32. The number of halogens is 1. The molecule has 220 valence electrons. The van der Waals surface area contributed by atoms with Crippen molar-refractivity contribution in [3.8, 4) is 17.1 Å². The number of aromatic amines is 2. The molecule has 7 N–H and O–H groups in total. The Kier molecular flexibility index (Phi) is 13.0. The number of hydrogen-bond donors (Lipinski definition) is 7. The SMILES string of the molecule is CC.CC.O=C(O)CC(O)CC(O)CCNCC1C=Cc2nc(-c3c(O)c4c(F)cccc4[nH]c3=O)[nH]c2CC1. The van der Waals surface area contributed by atoms with Crippen molar-refractivity contribution >= 4 is 22.9 Å². The minimum Gasteiger partial charge on any atom is -0.506 e. The van der Waals surface area contributed by atoms with E-state index in [1.165, 1.54) is 18.2 Å². The molecule has 4 rings (SSSR count). The first kappa shape index (κ1) is 32.7. The van der Waals surface area contributed by atoms with Crippen LogP contribution >= 0.6 is 0 Å². The number of aliphatic hydroxyl groups excluding tert-OH is 2. The molecule has 2 aromatic heterocycles. The van der Waals surface area contributed by atoms with Gasteiger partial charge in [0.05, 0.1) is 35.2 Å². The number of aryl methyl sites for hydroxylation is 1. The molecule has 3 aromatic rings. The second kappa shape index (κ2) is 15.9. The molecule has 40 heavy (non-hydrogen) atoms. The van der Waals surface area contributed by atoms with Gasteiger partial charge >= 0.3 is 5.97 Å². The van der Waals surface area contributed by atoms with E-state index in [-0.39, 0.29) is 41.1 Å². The number of aromatic hydroxyl groups is 1. The van der Waals surface area contributed by atoms with Gasteiger partial charge in [0, 0.05) is 12.2 Å². The number of carbonyl (C=O) groups is 1. The fraction of sp³-hybridized carbons (Fsp3) is 0.483. The van der Waals surface area contributed by atoms with E-state index in [4.69, 9.17) is 5.11 Å². The molecule has 1 aliphatic carbocycles. The summed E-state index contributed by atoms with van der Waals surface area (Å²) in [6, 6.07) is 4.18. The molecule has 11 heteroatoms. The topological polar surface area (TPSA) is 172 Å². The summed E-state index contributed by atoms with van der Waals surface area (Å²) in [5.74, 6) is -1.84. The molecular formula is C29H41FN4O6. The second-order valence-electron chi connectivity index (χ2n) is 9.08. The normalized spacial score (nSPS) is 15.6. The van der Waals surface area contributed by atoms with Crippen LogP contribution in [0.1, 0.15) is 64.8 Å². The maximum atomic E-state index is 14.3. The third kappa shape index (κ3) is 8.48. The Balaban J connectivity index is 0.00000134. The van der Waals surface area contributed by atoms with Gasteiger partial charge in [-0.1, -0.05) is 39.8 Å². The Labute approximate surface area is 233 Å². The van der Waals surface area contributed by atoms with Gasteiger partial charge in [-0.25, -0.2) is 9.37 Å². The first-order chi connectivity index (χ1) is 19.2. The monoisotopic (exact) mass is 560 g/mol. The van der Waals surface area contributed by atoms with Gasteiger partial charge in [0.1, 0.15) is 23.0 Å². The number of carboxylic acids is 1. The molecule has 3 atom stereocenters. The summed E-state index contributed by atoms with van der Waals surface area (Å²) >= 11 is 0. The Morgan fingerprint density at radius 1 is 1.18 bits per heavy atom. The summed E-state index contributed by atoms with van der Waals surface area (Å²) in [5, 5.41) is 42.1. The zero-order valence-electron chi connectivity index (χ0n) is 23.5. The molecule has 2 heterocycles. The molecule has 1 aliphatic rings. The largest absolute Gasteiger partial charge is 0.506 e. The standard InChI is InChI=1S/C25H29FN4O6.2C2H6/c26-16-2-1-3-19-21(16)23(35)22(25(36)30-19)24-28-17-6-4-13(5-7-18(17)29-24)12-27-9-8-14(31)10-15(32)11-20(33)34;2*1-2/h1-4,6,13-15,27,31-32H,5,7-12H2,(H,28,29)(H,33,34)(H2,30,35,36);2*1-2H3. The highest BCUT2D eigenvalue weighted by Gasteiger charge is 2.22. The van der Waals surface area contributed by atoms with Crippen molar-refractivity contribution in [1.29, 1.82) is 0 Å². The molecular weight excluding hydrogens is 519 g/mol. The Morgan fingerprint density at radius 3 is 2.60 bits per heavy atom. The number of rotatable bonds is 10. The number of nitrogens with zero attached hydrogens (tertiary/aromatic N) is 1. The van der Waals surface area contributed by atoms with Crippen molar-refractivity contribution in [1.82, 2.24) is 20.3 Å². The number of aromatic nitrogens is 3. The summed E-state index contributed by atoms with van der Waals surface area (Å²) < 4.78 is 14.3. The quantitative estimate of drug-likeness (QED) is 0.183. The summed E-state index contributed by atoms with van der Waals surface area (Å²) in [6.45, 7) is 9.17. The minimum absolute atomic E-state index is 0.0161. The fourth-order valence-corrected chi connectivity index (χ4v) is 4.47. The predicted octanol–water partition coefficient (Wildman–Crippen LogP) is 3.96. The van der Waals surface area contributed by atoms with Gasteiger partial charge in [0.15, 0.2) is 0 Å². The summed E-state index contributed by atoms with van der Waals surface area (Å²) in [4.78, 5) is 33.4. The number of imidazole rings is 1. The lowest BCUT2D eigenvalue weighted by molar-refractivity contribution is -0.139. The van der Waals surface area contributed by atoms with Gasteiger partial charge in [-0.2, -0.15) is 0 Å². The van der Waals surface area contributed by atoms with Crippen LogP contribution in [0.25, 0.3) is 28.4 Å².